The summed E-state index contributed by atoms with van der Waals surface area (Å²) in [5, 5.41) is 17.5. The number of carboxylic acids is 1. The lowest BCUT2D eigenvalue weighted by atomic mass is 9.35. The van der Waals surface area contributed by atoms with E-state index in [9.17, 15) is 19.5 Å². The Kier molecular flexibility index (Phi) is 11.7. The molecular weight excluding hydrogens is 709 g/mol. The molecule has 11 atom stereocenters. The number of aliphatic carboxylic acids is 1. The van der Waals surface area contributed by atoms with Crippen molar-refractivity contribution in [2.24, 2.45) is 74.9 Å². The fraction of sp³-hybridized carbons (Fsp3) is 0.837. The highest BCUT2D eigenvalue weighted by Crippen LogP contribution is 2.74. The molecule has 11 unspecified atom stereocenters. The summed E-state index contributed by atoms with van der Waals surface area (Å²) in [6.45, 7) is 25.0. The Balaban J connectivity index is 1.10. The zero-order chi connectivity index (χ0) is 41.4. The van der Waals surface area contributed by atoms with Gasteiger partial charge in [0, 0.05) is 49.5 Å². The lowest BCUT2D eigenvalue weighted by molar-refractivity contribution is -0.193. The highest BCUT2D eigenvalue weighted by atomic mass is 16.4. The zero-order valence-corrected chi connectivity index (χ0v) is 37.7. The number of H-pyrrole nitrogens is 1. The van der Waals surface area contributed by atoms with Gasteiger partial charge >= 0.3 is 5.97 Å². The molecule has 0 aliphatic heterocycles. The normalized spacial score (nSPS) is 38.6. The Bertz CT molecular complexity index is 1720. The minimum Gasteiger partial charge on any atom is -0.481 e. The minimum absolute atomic E-state index is 0.0232. The van der Waals surface area contributed by atoms with Gasteiger partial charge in [0.2, 0.25) is 0 Å². The smallest absolute Gasteiger partial charge is 0.306 e. The Hall–Kier alpha value is -2.32. The number of carbonyl (C=O) groups excluding carboxylic acids is 2. The van der Waals surface area contributed by atoms with Crippen LogP contribution in [0.25, 0.3) is 0 Å². The monoisotopic (exact) mass is 787 g/mol. The van der Waals surface area contributed by atoms with Crippen LogP contribution in [0.2, 0.25) is 0 Å². The van der Waals surface area contributed by atoms with Crippen LogP contribution in [0.3, 0.4) is 0 Å². The van der Waals surface area contributed by atoms with Crippen molar-refractivity contribution in [2.75, 3.05) is 33.7 Å². The molecule has 6 aliphatic rings. The molecule has 8 heteroatoms. The number of hydrogen-bond acceptors (Lipinski definition) is 6. The van der Waals surface area contributed by atoms with Crippen LogP contribution in [0.15, 0.2) is 17.2 Å². The largest absolute Gasteiger partial charge is 0.481 e. The molecule has 57 heavy (non-hydrogen) atoms. The van der Waals surface area contributed by atoms with Crippen LogP contribution in [0.1, 0.15) is 157 Å². The molecule has 0 bridgehead atoms. The van der Waals surface area contributed by atoms with E-state index in [0.717, 1.165) is 51.1 Å². The molecule has 6 aliphatic carbocycles. The molecular formula is C49H78N4O4. The average molecular weight is 787 g/mol. The molecule has 0 radical (unpaired) electrons. The summed E-state index contributed by atoms with van der Waals surface area (Å²) in [5.41, 5.74) is 5.63. The number of carboxylic acid groups (broad SMARTS) is 1. The van der Waals surface area contributed by atoms with Gasteiger partial charge in [0.25, 0.3) is 0 Å². The van der Waals surface area contributed by atoms with Crippen molar-refractivity contribution in [1.82, 2.24) is 20.0 Å². The summed E-state index contributed by atoms with van der Waals surface area (Å²) in [7, 11) is 4.32. The quantitative estimate of drug-likeness (QED) is 0.193. The predicted molar refractivity (Wildman–Crippen MR) is 227 cm³/mol. The molecule has 0 amide bonds. The van der Waals surface area contributed by atoms with Crippen molar-refractivity contribution >= 4 is 17.5 Å². The van der Waals surface area contributed by atoms with E-state index in [1.165, 1.54) is 49.8 Å². The summed E-state index contributed by atoms with van der Waals surface area (Å²) in [6, 6.07) is 2.24. The highest BCUT2D eigenvalue weighted by Gasteiger charge is 2.66. The summed E-state index contributed by atoms with van der Waals surface area (Å²) in [6.07, 6.45) is 12.5. The third kappa shape index (κ3) is 7.35. The number of Topliss-reactive ketones (excluding diaryl/α,β-unsaturated/α-hetero) is 2. The van der Waals surface area contributed by atoms with Gasteiger partial charge in [-0.2, -0.15) is 5.10 Å². The number of nitrogens with zero attached hydrogens (tertiary/aromatic N) is 3. The second-order valence-corrected chi connectivity index (χ2v) is 22.5. The molecule has 1 aromatic heterocycles. The van der Waals surface area contributed by atoms with E-state index in [4.69, 9.17) is 0 Å². The van der Waals surface area contributed by atoms with Gasteiger partial charge in [0.1, 0.15) is 5.78 Å². The summed E-state index contributed by atoms with van der Waals surface area (Å²) >= 11 is 0. The zero-order valence-electron chi connectivity index (χ0n) is 37.7. The van der Waals surface area contributed by atoms with E-state index >= 15 is 0 Å². The number of aromatic nitrogens is 2. The van der Waals surface area contributed by atoms with Gasteiger partial charge in [0.05, 0.1) is 11.6 Å². The Morgan fingerprint density at radius 2 is 1.61 bits per heavy atom. The van der Waals surface area contributed by atoms with Crippen LogP contribution >= 0.6 is 0 Å². The van der Waals surface area contributed by atoms with Gasteiger partial charge in [-0.3, -0.25) is 24.4 Å². The van der Waals surface area contributed by atoms with Crippen molar-refractivity contribution in [1.29, 1.82) is 0 Å². The molecule has 318 valence electrons. The van der Waals surface area contributed by atoms with Crippen molar-refractivity contribution in [2.45, 2.75) is 152 Å². The van der Waals surface area contributed by atoms with Crippen LogP contribution in [-0.4, -0.2) is 76.4 Å². The third-order valence-corrected chi connectivity index (χ3v) is 18.3. The maximum Gasteiger partial charge on any atom is 0.306 e. The standard InChI is InChI=1S/C49H78N4O4/c1-29(2)38-25-33(50-51-38)28-53(23-22-52(10)11)21-20-49-19-15-37-34(44(49)43(30(3)4)40(55)27-49)12-13-42-47(37,8)18-16-41-46(6,7)32(14-17-48(41,42)9)24-39(54)35-26-36(31(35)5)45(56)57/h25,29-32,34-37,41-42H,12-24,26-28H2,1-11H3,(H,50,51)(H,56,57). The average Bonchev–Trinajstić information content (AvgIpc) is 3.71. The first-order valence-electron chi connectivity index (χ1n) is 23.2. The fourth-order valence-corrected chi connectivity index (χ4v) is 15.1. The number of nitrogens with one attached hydrogen (secondary N) is 1. The number of carbonyl (C=O) groups is 3. The van der Waals surface area contributed by atoms with Gasteiger partial charge in [0.15, 0.2) is 5.78 Å². The van der Waals surface area contributed by atoms with E-state index in [0.29, 0.717) is 66.3 Å². The van der Waals surface area contributed by atoms with E-state index < -0.39 is 5.97 Å². The van der Waals surface area contributed by atoms with E-state index in [1.807, 2.05) is 6.92 Å². The second-order valence-electron chi connectivity index (χ2n) is 22.5. The molecule has 8 nitrogen and oxygen atoms in total. The Morgan fingerprint density at radius 3 is 2.25 bits per heavy atom. The predicted octanol–water partition coefficient (Wildman–Crippen LogP) is 9.81. The number of fused-ring (bicyclic) bond motifs is 7. The first kappa shape index (κ1) is 42.8. The number of rotatable bonds is 14. The summed E-state index contributed by atoms with van der Waals surface area (Å²) in [5.74, 6) is 2.89. The summed E-state index contributed by atoms with van der Waals surface area (Å²) < 4.78 is 0. The van der Waals surface area contributed by atoms with E-state index in [2.05, 4.69) is 95.5 Å². The van der Waals surface area contributed by atoms with Gasteiger partial charge in [-0.05, 0) is 160 Å². The molecule has 5 fully saturated rings. The maximum absolute atomic E-state index is 14.2. The van der Waals surface area contributed by atoms with E-state index in [1.54, 1.807) is 5.57 Å². The summed E-state index contributed by atoms with van der Waals surface area (Å²) in [4.78, 5) is 44.4. The van der Waals surface area contributed by atoms with Gasteiger partial charge < -0.3 is 10.0 Å². The van der Waals surface area contributed by atoms with Crippen molar-refractivity contribution in [3.8, 4) is 0 Å². The van der Waals surface area contributed by atoms with Crippen LogP contribution in [-0.2, 0) is 20.9 Å². The second kappa shape index (κ2) is 15.6. The van der Waals surface area contributed by atoms with Crippen LogP contribution in [0, 0.1) is 74.9 Å². The number of ketones is 2. The Labute approximate surface area is 345 Å². The topological polar surface area (TPSA) is 107 Å². The van der Waals surface area contributed by atoms with Gasteiger partial charge in [-0.25, -0.2) is 0 Å². The molecule has 0 saturated heterocycles. The van der Waals surface area contributed by atoms with Crippen molar-refractivity contribution in [3.63, 3.8) is 0 Å². The number of allylic oxidation sites excluding steroid dienone is 2. The number of aromatic amines is 1. The maximum atomic E-state index is 14.2. The van der Waals surface area contributed by atoms with Crippen LogP contribution in [0.5, 0.6) is 0 Å². The molecule has 7 rings (SSSR count). The van der Waals surface area contributed by atoms with Gasteiger partial charge in [-0.1, -0.05) is 67.9 Å². The number of hydrogen-bond donors (Lipinski definition) is 2. The minimum atomic E-state index is -0.746. The molecule has 0 spiro atoms. The molecule has 1 aromatic rings. The Morgan fingerprint density at radius 1 is 0.895 bits per heavy atom. The van der Waals surface area contributed by atoms with Crippen molar-refractivity contribution < 1.29 is 19.5 Å². The van der Waals surface area contributed by atoms with Gasteiger partial charge in [-0.15, -0.1) is 0 Å². The first-order chi connectivity index (χ1) is 26.7. The van der Waals surface area contributed by atoms with Crippen LogP contribution in [0.4, 0.5) is 0 Å². The third-order valence-electron chi connectivity index (χ3n) is 18.3. The lowest BCUT2D eigenvalue weighted by Crippen LogP contribution is -2.62. The lowest BCUT2D eigenvalue weighted by Gasteiger charge is -2.69. The van der Waals surface area contributed by atoms with Crippen molar-refractivity contribution in [3.05, 3.63) is 28.6 Å². The molecule has 1 heterocycles. The van der Waals surface area contributed by atoms with Crippen LogP contribution < -0.4 is 0 Å². The molecule has 5 saturated carbocycles. The highest BCUT2D eigenvalue weighted by molar-refractivity contribution is 6.00. The first-order valence-corrected chi connectivity index (χ1v) is 23.2. The SMILES string of the molecule is CC(C)C1=C2C3CCC4C(C)(CCC5C(C)(C)C(CC(=O)C6CC(C(=O)O)C6C)CCC54C)C3CCC2(CCN(CCN(C)C)Cc2cc(C(C)C)n[nH]2)CC1=O. The molecule has 0 aromatic carbocycles. The fourth-order valence-electron chi connectivity index (χ4n) is 15.1. The molecule has 2 N–H and O–H groups in total. The van der Waals surface area contributed by atoms with E-state index in [-0.39, 0.29) is 45.3 Å². The number of likely N-dealkylation sites (N-methyl/N-ethyl adjacent to an activating group) is 1.